The number of thiophene rings is 1. The first kappa shape index (κ1) is 22.5. The number of hydrogen-bond donors (Lipinski definition) is 1. The summed E-state index contributed by atoms with van der Waals surface area (Å²) < 4.78 is 33.2. The second-order valence-electron chi connectivity index (χ2n) is 8.29. The monoisotopic (exact) mass is 465 g/mol. The molecule has 0 unspecified atom stereocenters. The molecule has 0 radical (unpaired) electrons. The molecule has 0 aromatic carbocycles. The summed E-state index contributed by atoms with van der Waals surface area (Å²) in [6, 6.07) is 7.26. The Morgan fingerprint density at radius 3 is 2.42 bits per heavy atom. The SMILES string of the molecule is O=C(Cc1ccc(S(=O)(=O)N2CCCCC2)s1)NC[C@H](c1ccco1)N1CCCCC1. The van der Waals surface area contributed by atoms with Gasteiger partial charge in [-0.15, -0.1) is 11.3 Å². The molecule has 2 fully saturated rings. The summed E-state index contributed by atoms with van der Waals surface area (Å²) in [5.74, 6) is 0.769. The molecule has 0 aliphatic carbocycles. The third-order valence-corrected chi connectivity index (χ3v) is 9.53. The predicted molar refractivity (Wildman–Crippen MR) is 121 cm³/mol. The fourth-order valence-corrected chi connectivity index (χ4v) is 7.40. The third-order valence-electron chi connectivity index (χ3n) is 6.08. The highest BCUT2D eigenvalue weighted by atomic mass is 32.2. The van der Waals surface area contributed by atoms with E-state index in [-0.39, 0.29) is 18.4 Å². The second-order valence-corrected chi connectivity index (χ2v) is 11.6. The number of likely N-dealkylation sites (tertiary alicyclic amines) is 1. The number of nitrogens with zero attached hydrogens (tertiary/aromatic N) is 2. The summed E-state index contributed by atoms with van der Waals surface area (Å²) in [4.78, 5) is 15.8. The molecule has 9 heteroatoms. The number of hydrogen-bond acceptors (Lipinski definition) is 6. The van der Waals surface area contributed by atoms with Gasteiger partial charge in [-0.25, -0.2) is 8.42 Å². The summed E-state index contributed by atoms with van der Waals surface area (Å²) in [6.07, 6.45) is 8.33. The molecule has 1 amide bonds. The van der Waals surface area contributed by atoms with Gasteiger partial charge in [-0.3, -0.25) is 9.69 Å². The Morgan fingerprint density at radius 2 is 1.74 bits per heavy atom. The van der Waals surface area contributed by atoms with Crippen molar-refractivity contribution in [1.29, 1.82) is 0 Å². The van der Waals surface area contributed by atoms with Gasteiger partial charge in [0, 0.05) is 24.5 Å². The lowest BCUT2D eigenvalue weighted by atomic mass is 10.1. The van der Waals surface area contributed by atoms with Crippen LogP contribution in [0.15, 0.2) is 39.2 Å². The van der Waals surface area contributed by atoms with Gasteiger partial charge >= 0.3 is 0 Å². The number of piperidine rings is 2. The molecular weight excluding hydrogens is 434 g/mol. The first-order valence-corrected chi connectivity index (χ1v) is 13.4. The van der Waals surface area contributed by atoms with Crippen molar-refractivity contribution in [2.75, 3.05) is 32.7 Å². The largest absolute Gasteiger partial charge is 0.468 e. The second kappa shape index (κ2) is 10.3. The van der Waals surface area contributed by atoms with Crippen LogP contribution in [0.1, 0.15) is 55.2 Å². The van der Waals surface area contributed by atoms with Gasteiger partial charge in [0.05, 0.1) is 18.7 Å². The van der Waals surface area contributed by atoms with E-state index in [1.807, 2.05) is 12.1 Å². The first-order chi connectivity index (χ1) is 15.0. The van der Waals surface area contributed by atoms with E-state index in [0.717, 1.165) is 55.8 Å². The quantitative estimate of drug-likeness (QED) is 0.646. The maximum atomic E-state index is 12.8. The van der Waals surface area contributed by atoms with Crippen LogP contribution in [0.25, 0.3) is 0 Å². The van der Waals surface area contributed by atoms with E-state index < -0.39 is 10.0 Å². The Bertz CT molecular complexity index is 943. The number of furan rings is 1. The number of carbonyl (C=O) groups is 1. The van der Waals surface area contributed by atoms with E-state index >= 15 is 0 Å². The van der Waals surface area contributed by atoms with Crippen LogP contribution in [0.5, 0.6) is 0 Å². The molecule has 2 aromatic rings. The van der Waals surface area contributed by atoms with Crippen LogP contribution >= 0.6 is 11.3 Å². The van der Waals surface area contributed by atoms with Crippen LogP contribution in [0.4, 0.5) is 0 Å². The molecule has 0 bridgehead atoms. The number of sulfonamides is 1. The Balaban J connectivity index is 1.35. The van der Waals surface area contributed by atoms with E-state index in [4.69, 9.17) is 4.42 Å². The van der Waals surface area contributed by atoms with Gasteiger partial charge in [0.2, 0.25) is 5.91 Å². The smallest absolute Gasteiger partial charge is 0.252 e. The molecule has 1 N–H and O–H groups in total. The van der Waals surface area contributed by atoms with Crippen molar-refractivity contribution in [2.24, 2.45) is 0 Å². The van der Waals surface area contributed by atoms with Crippen LogP contribution in [0.3, 0.4) is 0 Å². The minimum atomic E-state index is -3.45. The molecule has 7 nitrogen and oxygen atoms in total. The molecule has 4 rings (SSSR count). The third kappa shape index (κ3) is 5.58. The first-order valence-electron chi connectivity index (χ1n) is 11.2. The van der Waals surface area contributed by atoms with E-state index in [1.165, 1.54) is 17.8 Å². The maximum absolute atomic E-state index is 12.8. The topological polar surface area (TPSA) is 82.9 Å². The highest BCUT2D eigenvalue weighted by Crippen LogP contribution is 2.28. The van der Waals surface area contributed by atoms with Crippen molar-refractivity contribution >= 4 is 27.3 Å². The van der Waals surface area contributed by atoms with Crippen molar-refractivity contribution < 1.29 is 17.6 Å². The summed E-state index contributed by atoms with van der Waals surface area (Å²) in [6.45, 7) is 3.66. The molecule has 2 aliphatic heterocycles. The van der Waals surface area contributed by atoms with Crippen LogP contribution < -0.4 is 5.32 Å². The Labute approximate surface area is 188 Å². The number of carbonyl (C=O) groups excluding carboxylic acids is 1. The Hall–Kier alpha value is -1.68. The Kier molecular flexibility index (Phi) is 7.47. The van der Waals surface area contributed by atoms with Crippen molar-refractivity contribution in [3.8, 4) is 0 Å². The highest BCUT2D eigenvalue weighted by molar-refractivity contribution is 7.91. The van der Waals surface area contributed by atoms with Crippen LogP contribution in [-0.4, -0.2) is 56.3 Å². The van der Waals surface area contributed by atoms with Gasteiger partial charge in [0.15, 0.2) is 0 Å². The molecule has 0 spiro atoms. The van der Waals surface area contributed by atoms with Crippen molar-refractivity contribution in [3.63, 3.8) is 0 Å². The van der Waals surface area contributed by atoms with Crippen LogP contribution in [0, 0.1) is 0 Å². The van der Waals surface area contributed by atoms with Gasteiger partial charge in [0.1, 0.15) is 9.97 Å². The zero-order chi connectivity index (χ0) is 21.7. The van der Waals surface area contributed by atoms with E-state index in [9.17, 15) is 13.2 Å². The number of nitrogens with one attached hydrogen (secondary N) is 1. The van der Waals surface area contributed by atoms with Gasteiger partial charge in [-0.05, 0) is 63.0 Å². The molecule has 1 atom stereocenters. The standard InChI is InChI=1S/C22H31N3O4S2/c26-21(23-17-19(20-8-7-15-29-20)24-11-3-1-4-12-24)16-18-9-10-22(30-18)31(27,28)25-13-5-2-6-14-25/h7-10,15,19H,1-6,11-14,16-17H2,(H,23,26)/t19-/m1/s1. The zero-order valence-electron chi connectivity index (χ0n) is 17.8. The van der Waals surface area contributed by atoms with E-state index in [1.54, 1.807) is 22.7 Å². The van der Waals surface area contributed by atoms with Crippen molar-refractivity contribution in [3.05, 3.63) is 41.2 Å². The molecule has 2 saturated heterocycles. The van der Waals surface area contributed by atoms with Crippen molar-refractivity contribution in [2.45, 2.75) is 55.2 Å². The normalized spacial score (nSPS) is 19.9. The minimum Gasteiger partial charge on any atom is -0.468 e. The van der Waals surface area contributed by atoms with Crippen LogP contribution in [-0.2, 0) is 21.2 Å². The number of amides is 1. The lowest BCUT2D eigenvalue weighted by Crippen LogP contribution is -2.40. The highest BCUT2D eigenvalue weighted by Gasteiger charge is 2.28. The van der Waals surface area contributed by atoms with E-state index in [0.29, 0.717) is 23.8 Å². The van der Waals surface area contributed by atoms with Gasteiger partial charge < -0.3 is 9.73 Å². The summed E-state index contributed by atoms with van der Waals surface area (Å²) in [5, 5.41) is 3.03. The molecular formula is C22H31N3O4S2. The minimum absolute atomic E-state index is 0.0256. The summed E-state index contributed by atoms with van der Waals surface area (Å²) >= 11 is 1.20. The molecule has 170 valence electrons. The van der Waals surface area contributed by atoms with Crippen LogP contribution in [0.2, 0.25) is 0 Å². The lowest BCUT2D eigenvalue weighted by molar-refractivity contribution is -0.120. The van der Waals surface area contributed by atoms with Gasteiger partial charge in [-0.1, -0.05) is 12.8 Å². The number of rotatable bonds is 8. The van der Waals surface area contributed by atoms with Gasteiger partial charge in [0.25, 0.3) is 10.0 Å². The molecule has 2 aromatic heterocycles. The maximum Gasteiger partial charge on any atom is 0.252 e. The fourth-order valence-electron chi connectivity index (χ4n) is 4.38. The van der Waals surface area contributed by atoms with Gasteiger partial charge in [-0.2, -0.15) is 4.31 Å². The van der Waals surface area contributed by atoms with Crippen molar-refractivity contribution in [1.82, 2.24) is 14.5 Å². The Morgan fingerprint density at radius 1 is 1.03 bits per heavy atom. The average Bonchev–Trinajstić information content (AvgIpc) is 3.48. The lowest BCUT2D eigenvalue weighted by Gasteiger charge is -2.33. The summed E-state index contributed by atoms with van der Waals surface area (Å²) in [5.41, 5.74) is 0. The summed E-state index contributed by atoms with van der Waals surface area (Å²) in [7, 11) is -3.45. The molecule has 4 heterocycles. The molecule has 0 saturated carbocycles. The predicted octanol–water partition coefficient (Wildman–Crippen LogP) is 3.40. The average molecular weight is 466 g/mol. The van der Waals surface area contributed by atoms with E-state index in [2.05, 4.69) is 10.2 Å². The molecule has 2 aliphatic rings. The molecule has 31 heavy (non-hydrogen) atoms. The fraction of sp³-hybridized carbons (Fsp3) is 0.591. The zero-order valence-corrected chi connectivity index (χ0v) is 19.4.